The molecule has 0 fully saturated rings. The molecule has 0 bridgehead atoms. The van der Waals surface area contributed by atoms with E-state index in [4.69, 9.17) is 9.68 Å². The van der Waals surface area contributed by atoms with Gasteiger partial charge in [-0.3, -0.25) is 0 Å². The van der Waals surface area contributed by atoms with E-state index >= 15 is 0 Å². The molecule has 2 aromatic rings. The summed E-state index contributed by atoms with van der Waals surface area (Å²) in [4.78, 5) is 13.6. The third-order valence-corrected chi connectivity index (χ3v) is 3.47. The maximum atomic E-state index is 12.5. The third-order valence-electron chi connectivity index (χ3n) is 2.22. The van der Waals surface area contributed by atoms with Crippen molar-refractivity contribution in [1.82, 2.24) is 0 Å². The number of hydrogen-bond acceptors (Lipinski definition) is 3. The van der Waals surface area contributed by atoms with E-state index < -0.39 is 32.1 Å². The van der Waals surface area contributed by atoms with E-state index in [0.29, 0.717) is 0 Å². The topological polar surface area (TPSA) is 54.0 Å². The first-order valence-corrected chi connectivity index (χ1v) is 6.33. The average molecular weight is 318 g/mol. The van der Waals surface area contributed by atoms with Crippen molar-refractivity contribution in [1.29, 1.82) is 5.26 Å². The normalized spacial score (nSPS) is 11.4. The van der Waals surface area contributed by atoms with Gasteiger partial charge in [0.2, 0.25) is 0 Å². The van der Waals surface area contributed by atoms with Gasteiger partial charge < -0.3 is 0 Å². The van der Waals surface area contributed by atoms with Crippen LogP contribution in [0.2, 0.25) is 0 Å². The van der Waals surface area contributed by atoms with E-state index in [1.54, 1.807) is 0 Å². The molecule has 0 saturated carbocycles. The molecule has 0 aliphatic rings. The van der Waals surface area contributed by atoms with Crippen LogP contribution in [0.3, 0.4) is 0 Å². The molecule has 92 valence electrons. The fraction of sp³-hybridized carbons (Fsp3) is 0.0909. The van der Waals surface area contributed by atoms with Crippen molar-refractivity contribution in [3.63, 3.8) is 0 Å². The summed E-state index contributed by atoms with van der Waals surface area (Å²) in [7, 11) is 0. The van der Waals surface area contributed by atoms with Crippen LogP contribution in [0.5, 0.6) is 0 Å². The summed E-state index contributed by atoms with van der Waals surface area (Å²) in [6.07, 6.45) is -3.39. The van der Waals surface area contributed by atoms with Gasteiger partial charge >= 0.3 is 105 Å². The van der Waals surface area contributed by atoms with Crippen LogP contribution in [-0.2, 0) is 6.18 Å². The zero-order valence-corrected chi connectivity index (χ0v) is 10.3. The van der Waals surface area contributed by atoms with Crippen molar-refractivity contribution in [2.75, 3.05) is 0 Å². The zero-order chi connectivity index (χ0) is 13.3. The van der Waals surface area contributed by atoms with Gasteiger partial charge in [-0.25, -0.2) is 0 Å². The second-order valence-corrected chi connectivity index (χ2v) is 5.07. The number of halogens is 3. The van der Waals surface area contributed by atoms with Crippen molar-refractivity contribution in [2.45, 2.75) is 6.18 Å². The molecule has 3 nitrogen and oxygen atoms in total. The Balaban J connectivity index is 2.72. The number of nitriles is 1. The molecular formula is C11H4F3NO2Se. The molecule has 0 aliphatic heterocycles. The van der Waals surface area contributed by atoms with Gasteiger partial charge in [-0.2, -0.15) is 0 Å². The van der Waals surface area contributed by atoms with Crippen molar-refractivity contribution in [3.8, 4) is 4.97 Å². The molecule has 0 spiro atoms. The van der Waals surface area contributed by atoms with E-state index in [1.807, 2.05) is 4.97 Å². The van der Waals surface area contributed by atoms with Crippen LogP contribution in [-0.4, -0.2) is 15.0 Å². The van der Waals surface area contributed by atoms with Crippen molar-refractivity contribution in [3.05, 3.63) is 40.2 Å². The predicted octanol–water partition coefficient (Wildman–Crippen LogP) is 1.62. The Morgan fingerprint density at radius 3 is 2.67 bits per heavy atom. The van der Waals surface area contributed by atoms with Crippen LogP contribution in [0.1, 0.15) is 5.56 Å². The molecule has 0 N–H and O–H groups in total. The van der Waals surface area contributed by atoms with Gasteiger partial charge in [-0.15, -0.1) is 0 Å². The summed E-state index contributed by atoms with van der Waals surface area (Å²) < 4.78 is 42.7. The van der Waals surface area contributed by atoms with Crippen LogP contribution in [0.15, 0.2) is 33.7 Å². The molecule has 0 unspecified atom stereocenters. The molecule has 0 saturated heterocycles. The zero-order valence-electron chi connectivity index (χ0n) is 8.62. The number of nitrogens with zero attached hydrogens (tertiary/aromatic N) is 1. The summed E-state index contributed by atoms with van der Waals surface area (Å²) in [5.74, 6) is 0. The van der Waals surface area contributed by atoms with Gasteiger partial charge in [0.05, 0.1) is 0 Å². The summed E-state index contributed by atoms with van der Waals surface area (Å²) in [6, 6.07) is 2.70. The van der Waals surface area contributed by atoms with Crippen molar-refractivity contribution in [2.24, 2.45) is 0 Å². The molecule has 0 amide bonds. The number of alkyl halides is 3. The summed E-state index contributed by atoms with van der Waals surface area (Å²) >= 11 is -0.761. The van der Waals surface area contributed by atoms with Crippen LogP contribution >= 0.6 is 0 Å². The van der Waals surface area contributed by atoms with Crippen LogP contribution in [0, 0.1) is 10.2 Å². The SMILES string of the molecule is N#C[Se]c1coc2ccc(C(F)(F)F)cc2c1=O. The van der Waals surface area contributed by atoms with E-state index in [1.165, 1.54) is 0 Å². The van der Waals surface area contributed by atoms with Crippen molar-refractivity contribution < 1.29 is 17.6 Å². The average Bonchev–Trinajstić information content (AvgIpc) is 2.31. The minimum absolute atomic E-state index is 0.0745. The van der Waals surface area contributed by atoms with E-state index in [2.05, 4.69) is 0 Å². The fourth-order valence-electron chi connectivity index (χ4n) is 1.41. The molecule has 0 radical (unpaired) electrons. The van der Waals surface area contributed by atoms with Gasteiger partial charge in [-0.1, -0.05) is 0 Å². The molecular weight excluding hydrogens is 314 g/mol. The van der Waals surface area contributed by atoms with Crippen LogP contribution in [0.25, 0.3) is 11.0 Å². The molecule has 18 heavy (non-hydrogen) atoms. The Bertz CT molecular complexity index is 700. The predicted molar refractivity (Wildman–Crippen MR) is 58.5 cm³/mol. The van der Waals surface area contributed by atoms with E-state index in [9.17, 15) is 18.0 Å². The number of benzene rings is 1. The molecule has 2 rings (SSSR count). The van der Waals surface area contributed by atoms with Gasteiger partial charge in [0.25, 0.3) is 0 Å². The standard InChI is InChI=1S/C11H4F3NO2Se/c12-11(13,14)6-1-2-8-7(3-6)10(16)9(4-17-8)18-5-15/h1-4H. The first-order valence-electron chi connectivity index (χ1n) is 4.62. The first-order chi connectivity index (χ1) is 8.43. The summed E-state index contributed by atoms with van der Waals surface area (Å²) in [6.45, 7) is 0. The Hall–Kier alpha value is -1.77. The van der Waals surface area contributed by atoms with Gasteiger partial charge in [0.1, 0.15) is 0 Å². The molecule has 1 aromatic carbocycles. The Morgan fingerprint density at radius 1 is 1.33 bits per heavy atom. The fourth-order valence-corrected chi connectivity index (χ4v) is 2.24. The quantitative estimate of drug-likeness (QED) is 0.751. The van der Waals surface area contributed by atoms with E-state index in [0.717, 1.165) is 24.5 Å². The Morgan fingerprint density at radius 2 is 2.06 bits per heavy atom. The molecule has 0 aliphatic carbocycles. The van der Waals surface area contributed by atoms with Gasteiger partial charge in [0.15, 0.2) is 0 Å². The number of rotatable bonds is 1. The monoisotopic (exact) mass is 319 g/mol. The minimum atomic E-state index is -4.52. The van der Waals surface area contributed by atoms with Crippen LogP contribution in [0.4, 0.5) is 13.2 Å². The van der Waals surface area contributed by atoms with Gasteiger partial charge in [0, 0.05) is 0 Å². The van der Waals surface area contributed by atoms with Crippen molar-refractivity contribution >= 4 is 30.4 Å². The van der Waals surface area contributed by atoms with E-state index in [-0.39, 0.29) is 15.4 Å². The summed E-state index contributed by atoms with van der Waals surface area (Å²) in [5.41, 5.74) is -1.42. The Kier molecular flexibility index (Phi) is 3.16. The number of hydrogen-bond donors (Lipinski definition) is 0. The molecule has 7 heteroatoms. The number of fused-ring (bicyclic) bond motifs is 1. The first kappa shape index (κ1) is 12.7. The van der Waals surface area contributed by atoms with Gasteiger partial charge in [-0.05, 0) is 0 Å². The summed E-state index contributed by atoms with van der Waals surface area (Å²) in [5, 5.41) is 8.36. The molecule has 1 heterocycles. The maximum absolute atomic E-state index is 12.5. The Labute approximate surface area is 105 Å². The second-order valence-electron chi connectivity index (χ2n) is 3.33. The van der Waals surface area contributed by atoms with Crippen LogP contribution < -0.4 is 9.89 Å². The second kappa shape index (κ2) is 4.48. The molecule has 0 atom stereocenters. The molecule has 1 aromatic heterocycles. The third kappa shape index (κ3) is 2.26.